The normalized spacial score (nSPS) is 10.1. The fourth-order valence-electron chi connectivity index (χ4n) is 1.31. The minimum absolute atomic E-state index is 0.818. The molecule has 3 heteroatoms. The van der Waals surface area contributed by atoms with Gasteiger partial charge >= 0.3 is 0 Å². The zero-order chi connectivity index (χ0) is 9.84. The van der Waals surface area contributed by atoms with Gasteiger partial charge in [-0.25, -0.2) is 0 Å². The van der Waals surface area contributed by atoms with Crippen LogP contribution in [0.4, 0.5) is 11.4 Å². The van der Waals surface area contributed by atoms with Gasteiger partial charge in [0.15, 0.2) is 0 Å². The van der Waals surface area contributed by atoms with Gasteiger partial charge in [0.25, 0.3) is 0 Å². The number of rotatable bonds is 3. The molecule has 0 aliphatic carbocycles. The molecule has 1 aromatic carbocycles. The topological polar surface area (TPSA) is 29.3 Å². The Morgan fingerprint density at radius 3 is 2.77 bits per heavy atom. The number of halogens is 1. The van der Waals surface area contributed by atoms with Crippen molar-refractivity contribution >= 4 is 27.3 Å². The molecule has 0 saturated carbocycles. The van der Waals surface area contributed by atoms with E-state index >= 15 is 0 Å². The molecular weight excluding hydrogens is 228 g/mol. The van der Waals surface area contributed by atoms with Crippen molar-refractivity contribution in [2.75, 3.05) is 24.2 Å². The van der Waals surface area contributed by atoms with Crippen LogP contribution in [0.5, 0.6) is 0 Å². The maximum absolute atomic E-state index is 5.93. The monoisotopic (exact) mass is 242 g/mol. The first-order chi connectivity index (χ1) is 6.16. The van der Waals surface area contributed by atoms with Crippen LogP contribution < -0.4 is 10.6 Å². The van der Waals surface area contributed by atoms with E-state index in [0.29, 0.717) is 0 Å². The summed E-state index contributed by atoms with van der Waals surface area (Å²) in [6.07, 6.45) is 1.13. The van der Waals surface area contributed by atoms with Crippen LogP contribution in [0.3, 0.4) is 0 Å². The lowest BCUT2D eigenvalue weighted by Crippen LogP contribution is -2.19. The van der Waals surface area contributed by atoms with Crippen molar-refractivity contribution < 1.29 is 0 Å². The number of nitrogens with two attached hydrogens (primary N) is 1. The van der Waals surface area contributed by atoms with Crippen LogP contribution in [-0.2, 0) is 0 Å². The highest BCUT2D eigenvalue weighted by Crippen LogP contribution is 2.29. The van der Waals surface area contributed by atoms with Gasteiger partial charge in [-0.15, -0.1) is 0 Å². The van der Waals surface area contributed by atoms with Gasteiger partial charge in [-0.2, -0.15) is 0 Å². The third-order valence-corrected chi connectivity index (χ3v) is 2.69. The number of hydrogen-bond acceptors (Lipinski definition) is 2. The Bertz CT molecular complexity index is 286. The van der Waals surface area contributed by atoms with E-state index in [2.05, 4.69) is 34.8 Å². The van der Waals surface area contributed by atoms with Gasteiger partial charge in [0.05, 0.1) is 11.4 Å². The zero-order valence-corrected chi connectivity index (χ0v) is 9.63. The van der Waals surface area contributed by atoms with E-state index in [1.807, 2.05) is 18.2 Å². The van der Waals surface area contributed by atoms with E-state index in [0.717, 1.165) is 28.8 Å². The molecule has 0 unspecified atom stereocenters. The first-order valence-corrected chi connectivity index (χ1v) is 5.21. The second-order valence-corrected chi connectivity index (χ2v) is 3.95. The fourth-order valence-corrected chi connectivity index (χ4v) is 1.67. The van der Waals surface area contributed by atoms with Gasteiger partial charge in [0.1, 0.15) is 0 Å². The molecule has 0 radical (unpaired) electrons. The largest absolute Gasteiger partial charge is 0.396 e. The highest BCUT2D eigenvalue weighted by Gasteiger charge is 2.05. The number of nitrogen functional groups attached to an aromatic ring is 1. The molecule has 0 aliphatic heterocycles. The van der Waals surface area contributed by atoms with Crippen LogP contribution in [0.15, 0.2) is 22.7 Å². The molecule has 0 aromatic heterocycles. The molecular formula is C10H15BrN2. The van der Waals surface area contributed by atoms with Gasteiger partial charge in [0.2, 0.25) is 0 Å². The SMILES string of the molecule is CCCN(C)c1cccc(Br)c1N. The van der Waals surface area contributed by atoms with Crippen molar-refractivity contribution in [3.05, 3.63) is 22.7 Å². The summed E-state index contributed by atoms with van der Waals surface area (Å²) < 4.78 is 0.966. The van der Waals surface area contributed by atoms with Crippen molar-refractivity contribution in [3.63, 3.8) is 0 Å². The molecule has 0 heterocycles. The lowest BCUT2D eigenvalue weighted by molar-refractivity contribution is 0.853. The average molecular weight is 243 g/mol. The van der Waals surface area contributed by atoms with E-state index in [-0.39, 0.29) is 0 Å². The molecule has 0 aliphatic rings. The van der Waals surface area contributed by atoms with Crippen LogP contribution >= 0.6 is 15.9 Å². The number of para-hydroxylation sites is 1. The van der Waals surface area contributed by atoms with E-state index in [1.54, 1.807) is 0 Å². The van der Waals surface area contributed by atoms with Gasteiger partial charge < -0.3 is 10.6 Å². The number of hydrogen-bond donors (Lipinski definition) is 1. The van der Waals surface area contributed by atoms with Crippen molar-refractivity contribution in [2.45, 2.75) is 13.3 Å². The highest BCUT2D eigenvalue weighted by molar-refractivity contribution is 9.10. The van der Waals surface area contributed by atoms with Crippen molar-refractivity contribution in [3.8, 4) is 0 Å². The van der Waals surface area contributed by atoms with E-state index in [4.69, 9.17) is 5.73 Å². The summed E-state index contributed by atoms with van der Waals surface area (Å²) in [5.41, 5.74) is 7.84. The van der Waals surface area contributed by atoms with Crippen LogP contribution in [0.1, 0.15) is 13.3 Å². The molecule has 0 saturated heterocycles. The van der Waals surface area contributed by atoms with Crippen LogP contribution in [0, 0.1) is 0 Å². The predicted octanol–water partition coefficient (Wildman–Crippen LogP) is 2.88. The van der Waals surface area contributed by atoms with Gasteiger partial charge in [-0.05, 0) is 34.5 Å². The Kier molecular flexibility index (Phi) is 3.60. The minimum Gasteiger partial charge on any atom is -0.396 e. The molecule has 0 spiro atoms. The van der Waals surface area contributed by atoms with Gasteiger partial charge in [-0.1, -0.05) is 13.0 Å². The third-order valence-electron chi connectivity index (χ3n) is 2.00. The first kappa shape index (κ1) is 10.4. The van der Waals surface area contributed by atoms with Crippen molar-refractivity contribution in [2.24, 2.45) is 0 Å². The van der Waals surface area contributed by atoms with Crippen molar-refractivity contribution in [1.29, 1.82) is 0 Å². The Morgan fingerprint density at radius 2 is 2.15 bits per heavy atom. The fraction of sp³-hybridized carbons (Fsp3) is 0.400. The van der Waals surface area contributed by atoms with Gasteiger partial charge in [-0.3, -0.25) is 0 Å². The predicted molar refractivity (Wildman–Crippen MR) is 62.1 cm³/mol. The lowest BCUT2D eigenvalue weighted by atomic mass is 10.2. The molecule has 13 heavy (non-hydrogen) atoms. The summed E-state index contributed by atoms with van der Waals surface area (Å²) in [4.78, 5) is 2.17. The summed E-state index contributed by atoms with van der Waals surface area (Å²) in [7, 11) is 2.06. The Balaban J connectivity index is 2.93. The Hall–Kier alpha value is -0.700. The maximum atomic E-state index is 5.93. The number of anilines is 2. The summed E-state index contributed by atoms with van der Waals surface area (Å²) in [5, 5.41) is 0. The third kappa shape index (κ3) is 2.37. The molecule has 1 aromatic rings. The molecule has 0 amide bonds. The summed E-state index contributed by atoms with van der Waals surface area (Å²) in [6.45, 7) is 3.19. The molecule has 0 atom stereocenters. The first-order valence-electron chi connectivity index (χ1n) is 4.42. The Labute approximate surface area is 87.9 Å². The van der Waals surface area contributed by atoms with Gasteiger partial charge in [0, 0.05) is 18.1 Å². The van der Waals surface area contributed by atoms with E-state index in [9.17, 15) is 0 Å². The lowest BCUT2D eigenvalue weighted by Gasteiger charge is -2.20. The van der Waals surface area contributed by atoms with E-state index in [1.165, 1.54) is 0 Å². The van der Waals surface area contributed by atoms with E-state index < -0.39 is 0 Å². The number of benzene rings is 1. The van der Waals surface area contributed by atoms with Crippen LogP contribution in [0.25, 0.3) is 0 Å². The maximum Gasteiger partial charge on any atom is 0.0696 e. The van der Waals surface area contributed by atoms with Crippen LogP contribution in [0.2, 0.25) is 0 Å². The summed E-state index contributed by atoms with van der Waals surface area (Å²) in [6, 6.07) is 6.00. The molecule has 0 bridgehead atoms. The second kappa shape index (κ2) is 4.51. The smallest absolute Gasteiger partial charge is 0.0696 e. The van der Waals surface area contributed by atoms with Crippen LogP contribution in [-0.4, -0.2) is 13.6 Å². The minimum atomic E-state index is 0.818. The molecule has 72 valence electrons. The quantitative estimate of drug-likeness (QED) is 0.827. The molecule has 2 N–H and O–H groups in total. The standard InChI is InChI=1S/C10H15BrN2/c1-3-7-13(2)9-6-4-5-8(11)10(9)12/h4-6H,3,7,12H2,1-2H3. The molecule has 2 nitrogen and oxygen atoms in total. The average Bonchev–Trinajstić information content (AvgIpc) is 2.10. The molecule has 0 fully saturated rings. The van der Waals surface area contributed by atoms with Crippen molar-refractivity contribution in [1.82, 2.24) is 0 Å². The summed E-state index contributed by atoms with van der Waals surface area (Å²) >= 11 is 3.41. The zero-order valence-electron chi connectivity index (χ0n) is 8.05. The molecule has 1 rings (SSSR count). The number of nitrogens with zero attached hydrogens (tertiary/aromatic N) is 1. The summed E-state index contributed by atoms with van der Waals surface area (Å²) in [5.74, 6) is 0. The Morgan fingerprint density at radius 1 is 1.46 bits per heavy atom. The highest BCUT2D eigenvalue weighted by atomic mass is 79.9. The second-order valence-electron chi connectivity index (χ2n) is 3.09.